The van der Waals surface area contributed by atoms with Gasteiger partial charge in [-0.25, -0.2) is 9.78 Å². The Morgan fingerprint density at radius 3 is 2.36 bits per heavy atom. The molecule has 0 aliphatic heterocycles. The highest BCUT2D eigenvalue weighted by atomic mass is 16.6. The van der Waals surface area contributed by atoms with Crippen molar-refractivity contribution in [3.63, 3.8) is 0 Å². The van der Waals surface area contributed by atoms with Crippen LogP contribution in [0.25, 0.3) is 0 Å². The van der Waals surface area contributed by atoms with Crippen LogP contribution >= 0.6 is 0 Å². The van der Waals surface area contributed by atoms with E-state index in [2.05, 4.69) is 4.98 Å². The number of benzene rings is 2. The fourth-order valence-electron chi connectivity index (χ4n) is 2.12. The van der Waals surface area contributed by atoms with Gasteiger partial charge in [0.25, 0.3) is 0 Å². The Morgan fingerprint density at radius 2 is 1.64 bits per heavy atom. The summed E-state index contributed by atoms with van der Waals surface area (Å²) in [6.07, 6.45) is 1.65. The molecule has 5 heteroatoms. The largest absolute Gasteiger partial charge is 0.482 e. The van der Waals surface area contributed by atoms with Crippen molar-refractivity contribution in [3.8, 4) is 23.1 Å². The number of carbonyl (C=O) groups excluding carboxylic acids is 1. The Labute approximate surface area is 145 Å². The molecule has 0 saturated heterocycles. The number of nitrogens with zero attached hydrogens (tertiary/aromatic N) is 1. The summed E-state index contributed by atoms with van der Waals surface area (Å²) in [6.45, 7) is 1.76. The summed E-state index contributed by atoms with van der Waals surface area (Å²) >= 11 is 0. The van der Waals surface area contributed by atoms with Gasteiger partial charge in [0.05, 0.1) is 0 Å². The molecule has 1 heterocycles. The summed E-state index contributed by atoms with van der Waals surface area (Å²) in [5, 5.41) is 0. The molecule has 0 aliphatic rings. The zero-order valence-corrected chi connectivity index (χ0v) is 13.7. The maximum atomic E-state index is 11.9. The van der Waals surface area contributed by atoms with E-state index < -0.39 is 5.97 Å². The molecule has 1 aromatic heterocycles. The zero-order chi connectivity index (χ0) is 17.5. The highest BCUT2D eigenvalue weighted by Crippen LogP contribution is 2.22. The van der Waals surface area contributed by atoms with Crippen molar-refractivity contribution in [2.24, 2.45) is 0 Å². The number of carbonyl (C=O) groups is 1. The third-order valence-electron chi connectivity index (χ3n) is 3.35. The quantitative estimate of drug-likeness (QED) is 0.500. The molecule has 0 saturated carbocycles. The van der Waals surface area contributed by atoms with Gasteiger partial charge in [0.2, 0.25) is 5.88 Å². The minimum absolute atomic E-state index is 0.156. The first kappa shape index (κ1) is 16.5. The molecule has 25 heavy (non-hydrogen) atoms. The van der Waals surface area contributed by atoms with Crippen LogP contribution in [0.5, 0.6) is 23.1 Å². The van der Waals surface area contributed by atoms with E-state index >= 15 is 0 Å². The second-order valence-corrected chi connectivity index (χ2v) is 5.27. The van der Waals surface area contributed by atoms with E-state index in [-0.39, 0.29) is 6.61 Å². The molecule has 0 aliphatic carbocycles. The topological polar surface area (TPSA) is 57.7 Å². The Balaban J connectivity index is 1.52. The highest BCUT2D eigenvalue weighted by molar-refractivity contribution is 5.74. The standard InChI is InChI=1S/C20H17NO4/c1-15-6-2-3-7-18(15)23-14-20(22)25-17-11-9-16(10-12-17)24-19-8-4-5-13-21-19/h2-13H,14H2,1H3. The summed E-state index contributed by atoms with van der Waals surface area (Å²) in [7, 11) is 0. The molecule has 0 N–H and O–H groups in total. The fraction of sp³-hybridized carbons (Fsp3) is 0.100. The third kappa shape index (κ3) is 4.81. The summed E-state index contributed by atoms with van der Waals surface area (Å²) in [5.74, 6) is 1.72. The van der Waals surface area contributed by atoms with Gasteiger partial charge in [0, 0.05) is 12.3 Å². The van der Waals surface area contributed by atoms with Crippen LogP contribution < -0.4 is 14.2 Å². The molecular formula is C20H17NO4. The number of esters is 1. The summed E-state index contributed by atoms with van der Waals surface area (Å²) in [6, 6.07) is 19.6. The smallest absolute Gasteiger partial charge is 0.349 e. The molecule has 0 radical (unpaired) electrons. The van der Waals surface area contributed by atoms with Gasteiger partial charge < -0.3 is 14.2 Å². The molecular weight excluding hydrogens is 318 g/mol. The fourth-order valence-corrected chi connectivity index (χ4v) is 2.12. The minimum atomic E-state index is -0.471. The van der Waals surface area contributed by atoms with Crippen molar-refractivity contribution in [2.75, 3.05) is 6.61 Å². The lowest BCUT2D eigenvalue weighted by Gasteiger charge is -2.09. The molecule has 0 amide bonds. The zero-order valence-electron chi connectivity index (χ0n) is 13.7. The van der Waals surface area contributed by atoms with E-state index in [1.54, 1.807) is 36.5 Å². The summed E-state index contributed by atoms with van der Waals surface area (Å²) < 4.78 is 16.3. The van der Waals surface area contributed by atoms with Crippen molar-refractivity contribution in [2.45, 2.75) is 6.92 Å². The first-order valence-corrected chi connectivity index (χ1v) is 7.79. The van der Waals surface area contributed by atoms with Gasteiger partial charge in [-0.2, -0.15) is 0 Å². The predicted molar refractivity (Wildman–Crippen MR) is 93.1 cm³/mol. The number of pyridine rings is 1. The number of aryl methyl sites for hydroxylation is 1. The molecule has 0 unspecified atom stereocenters. The maximum absolute atomic E-state index is 11.9. The first-order valence-electron chi connectivity index (χ1n) is 7.79. The van der Waals surface area contributed by atoms with Crippen molar-refractivity contribution in [1.29, 1.82) is 0 Å². The van der Waals surface area contributed by atoms with Crippen molar-refractivity contribution < 1.29 is 19.0 Å². The van der Waals surface area contributed by atoms with Crippen molar-refractivity contribution in [3.05, 3.63) is 78.5 Å². The van der Waals surface area contributed by atoms with Crippen LogP contribution in [0.2, 0.25) is 0 Å². The summed E-state index contributed by atoms with van der Waals surface area (Å²) in [4.78, 5) is 16.0. The van der Waals surface area contributed by atoms with Crippen LogP contribution in [0, 0.1) is 6.92 Å². The van der Waals surface area contributed by atoms with Gasteiger partial charge in [-0.15, -0.1) is 0 Å². The second-order valence-electron chi connectivity index (χ2n) is 5.27. The third-order valence-corrected chi connectivity index (χ3v) is 3.35. The number of hydrogen-bond donors (Lipinski definition) is 0. The van der Waals surface area contributed by atoms with Crippen LogP contribution in [-0.4, -0.2) is 17.6 Å². The Morgan fingerprint density at radius 1 is 0.920 bits per heavy atom. The first-order chi connectivity index (χ1) is 12.2. The average Bonchev–Trinajstić information content (AvgIpc) is 2.64. The number of para-hydroxylation sites is 1. The van der Waals surface area contributed by atoms with Gasteiger partial charge in [-0.3, -0.25) is 0 Å². The van der Waals surface area contributed by atoms with Gasteiger partial charge >= 0.3 is 5.97 Å². The normalized spacial score (nSPS) is 10.1. The van der Waals surface area contributed by atoms with E-state index in [1.807, 2.05) is 43.3 Å². The van der Waals surface area contributed by atoms with Gasteiger partial charge in [-0.05, 0) is 48.9 Å². The van der Waals surface area contributed by atoms with Crippen molar-refractivity contribution >= 4 is 5.97 Å². The molecule has 3 aromatic rings. The lowest BCUT2D eigenvalue weighted by molar-refractivity contribution is -0.136. The second kappa shape index (κ2) is 7.97. The van der Waals surface area contributed by atoms with E-state index in [4.69, 9.17) is 14.2 Å². The molecule has 0 fully saturated rings. The number of hydrogen-bond acceptors (Lipinski definition) is 5. The van der Waals surface area contributed by atoms with Crippen LogP contribution in [0.3, 0.4) is 0 Å². The number of aromatic nitrogens is 1. The van der Waals surface area contributed by atoms with Crippen molar-refractivity contribution in [1.82, 2.24) is 4.98 Å². The van der Waals surface area contributed by atoms with Crippen LogP contribution in [0.4, 0.5) is 0 Å². The monoisotopic (exact) mass is 335 g/mol. The van der Waals surface area contributed by atoms with Gasteiger partial charge in [-0.1, -0.05) is 24.3 Å². The van der Waals surface area contributed by atoms with Crippen LogP contribution in [-0.2, 0) is 4.79 Å². The Hall–Kier alpha value is -3.34. The molecule has 3 rings (SSSR count). The molecule has 5 nitrogen and oxygen atoms in total. The highest BCUT2D eigenvalue weighted by Gasteiger charge is 2.08. The van der Waals surface area contributed by atoms with Gasteiger partial charge in [0.1, 0.15) is 17.2 Å². The molecule has 0 atom stereocenters. The minimum Gasteiger partial charge on any atom is -0.482 e. The number of ether oxygens (including phenoxy) is 3. The summed E-state index contributed by atoms with van der Waals surface area (Å²) in [5.41, 5.74) is 0.964. The van der Waals surface area contributed by atoms with E-state index in [1.165, 1.54) is 0 Å². The van der Waals surface area contributed by atoms with E-state index in [9.17, 15) is 4.79 Å². The predicted octanol–water partition coefficient (Wildman–Crippen LogP) is 4.17. The lowest BCUT2D eigenvalue weighted by atomic mass is 10.2. The Bertz CT molecular complexity index is 832. The molecule has 0 bridgehead atoms. The molecule has 0 spiro atoms. The average molecular weight is 335 g/mol. The SMILES string of the molecule is Cc1ccccc1OCC(=O)Oc1ccc(Oc2ccccn2)cc1. The maximum Gasteiger partial charge on any atom is 0.349 e. The Kier molecular flexibility index (Phi) is 5.26. The van der Waals surface area contributed by atoms with E-state index in [0.29, 0.717) is 23.1 Å². The molecule has 126 valence electrons. The van der Waals surface area contributed by atoms with E-state index in [0.717, 1.165) is 5.56 Å². The van der Waals surface area contributed by atoms with Gasteiger partial charge in [0.15, 0.2) is 6.61 Å². The number of rotatable bonds is 6. The lowest BCUT2D eigenvalue weighted by Crippen LogP contribution is -2.17. The van der Waals surface area contributed by atoms with Crippen LogP contribution in [0.1, 0.15) is 5.56 Å². The molecule has 2 aromatic carbocycles. The van der Waals surface area contributed by atoms with Crippen LogP contribution in [0.15, 0.2) is 72.9 Å².